The van der Waals surface area contributed by atoms with Crippen LogP contribution in [0.1, 0.15) is 43.7 Å². The Kier molecular flexibility index (Phi) is 3.41. The van der Waals surface area contributed by atoms with Gasteiger partial charge in [-0.25, -0.2) is 0 Å². The van der Waals surface area contributed by atoms with Crippen molar-refractivity contribution in [3.63, 3.8) is 0 Å². The molecule has 1 saturated carbocycles. The van der Waals surface area contributed by atoms with Crippen LogP contribution in [0.3, 0.4) is 0 Å². The fourth-order valence-electron chi connectivity index (χ4n) is 3.28. The predicted molar refractivity (Wildman–Crippen MR) is 78.3 cm³/mol. The van der Waals surface area contributed by atoms with E-state index >= 15 is 0 Å². The van der Waals surface area contributed by atoms with E-state index in [9.17, 15) is 4.79 Å². The van der Waals surface area contributed by atoms with Gasteiger partial charge in [-0.15, -0.1) is 0 Å². The first-order valence-corrected chi connectivity index (χ1v) is 7.40. The maximum atomic E-state index is 12.0. The number of nitrogens with one attached hydrogen (secondary N) is 1. The van der Waals surface area contributed by atoms with Crippen molar-refractivity contribution in [2.24, 2.45) is 5.92 Å². The number of ketones is 1. The number of Topliss-reactive ketones (excluding diaryl/α,β-unsaturated/α-hetero) is 1. The molecule has 0 bridgehead atoms. The van der Waals surface area contributed by atoms with E-state index in [1.165, 1.54) is 28.5 Å². The molecule has 1 fully saturated rings. The number of H-pyrrole nitrogens is 1. The lowest BCUT2D eigenvalue weighted by molar-refractivity contribution is -0.124. The second-order valence-corrected chi connectivity index (χ2v) is 5.62. The molecule has 2 nitrogen and oxygen atoms in total. The number of hydrogen-bond acceptors (Lipinski definition) is 1. The van der Waals surface area contributed by atoms with E-state index < -0.39 is 0 Å². The Morgan fingerprint density at radius 3 is 2.95 bits per heavy atom. The number of carbonyl (C=O) groups is 1. The molecule has 1 aromatic carbocycles. The molecule has 2 aromatic rings. The van der Waals surface area contributed by atoms with Crippen molar-refractivity contribution < 1.29 is 4.79 Å². The first kappa shape index (κ1) is 12.5. The Balaban J connectivity index is 1.91. The highest BCUT2D eigenvalue weighted by Gasteiger charge is 2.23. The molecule has 0 spiro atoms. The molecule has 0 radical (unpaired) electrons. The van der Waals surface area contributed by atoms with Gasteiger partial charge in [0.2, 0.25) is 0 Å². The largest absolute Gasteiger partial charge is 0.361 e. The van der Waals surface area contributed by atoms with Gasteiger partial charge in [-0.3, -0.25) is 4.79 Å². The molecule has 1 heterocycles. The minimum Gasteiger partial charge on any atom is -0.361 e. The number of carbonyl (C=O) groups excluding carboxylic acids is 1. The number of aromatic nitrogens is 1. The smallest absolute Gasteiger partial charge is 0.136 e. The maximum absolute atomic E-state index is 12.0. The molecule has 1 aromatic heterocycles. The molecular formula is C17H21NO. The molecular weight excluding hydrogens is 234 g/mol. The summed E-state index contributed by atoms with van der Waals surface area (Å²) in [6.07, 6.45) is 8.20. The second-order valence-electron chi connectivity index (χ2n) is 5.62. The zero-order chi connectivity index (χ0) is 13.2. The molecule has 0 amide bonds. The van der Waals surface area contributed by atoms with Gasteiger partial charge in [0, 0.05) is 29.4 Å². The van der Waals surface area contributed by atoms with Crippen LogP contribution in [-0.2, 0) is 17.6 Å². The topological polar surface area (TPSA) is 32.9 Å². The first-order valence-electron chi connectivity index (χ1n) is 7.40. The average Bonchev–Trinajstić information content (AvgIpc) is 2.84. The van der Waals surface area contributed by atoms with Crippen molar-refractivity contribution in [1.82, 2.24) is 4.98 Å². The van der Waals surface area contributed by atoms with Gasteiger partial charge in [0.15, 0.2) is 0 Å². The van der Waals surface area contributed by atoms with E-state index in [1.54, 1.807) is 0 Å². The van der Waals surface area contributed by atoms with Crippen LogP contribution in [0.25, 0.3) is 10.9 Å². The Morgan fingerprint density at radius 1 is 1.26 bits per heavy atom. The summed E-state index contributed by atoms with van der Waals surface area (Å²) >= 11 is 0. The molecule has 1 aliphatic carbocycles. The van der Waals surface area contributed by atoms with Crippen molar-refractivity contribution in [3.8, 4) is 0 Å². The first-order chi connectivity index (χ1) is 9.29. The fraction of sp³-hybridized carbons (Fsp3) is 0.471. The molecule has 19 heavy (non-hydrogen) atoms. The van der Waals surface area contributed by atoms with E-state index in [2.05, 4.69) is 36.3 Å². The van der Waals surface area contributed by atoms with Gasteiger partial charge < -0.3 is 4.98 Å². The van der Waals surface area contributed by atoms with E-state index in [1.807, 2.05) is 0 Å². The van der Waals surface area contributed by atoms with Gasteiger partial charge >= 0.3 is 0 Å². The summed E-state index contributed by atoms with van der Waals surface area (Å²) in [6.45, 7) is 2.18. The van der Waals surface area contributed by atoms with Crippen LogP contribution in [-0.4, -0.2) is 10.8 Å². The third-order valence-electron chi connectivity index (χ3n) is 4.42. The maximum Gasteiger partial charge on any atom is 0.136 e. The molecule has 0 aliphatic heterocycles. The van der Waals surface area contributed by atoms with Gasteiger partial charge in [0.1, 0.15) is 5.78 Å². The summed E-state index contributed by atoms with van der Waals surface area (Å²) in [6, 6.07) is 6.48. The molecule has 100 valence electrons. The van der Waals surface area contributed by atoms with Gasteiger partial charge in [-0.2, -0.15) is 0 Å². The fourth-order valence-corrected chi connectivity index (χ4v) is 3.28. The van der Waals surface area contributed by atoms with Crippen molar-refractivity contribution >= 4 is 16.7 Å². The van der Waals surface area contributed by atoms with Crippen LogP contribution in [0.15, 0.2) is 24.4 Å². The van der Waals surface area contributed by atoms with E-state index in [0.717, 1.165) is 32.1 Å². The highest BCUT2D eigenvalue weighted by atomic mass is 16.1. The minimum absolute atomic E-state index is 0.248. The molecule has 2 heteroatoms. The van der Waals surface area contributed by atoms with Crippen LogP contribution < -0.4 is 0 Å². The quantitative estimate of drug-likeness (QED) is 0.882. The van der Waals surface area contributed by atoms with Crippen molar-refractivity contribution in [3.05, 3.63) is 35.5 Å². The predicted octanol–water partition coefficient (Wildman–Crippen LogP) is 4.03. The minimum atomic E-state index is 0.248. The lowest BCUT2D eigenvalue weighted by Gasteiger charge is -2.19. The monoisotopic (exact) mass is 255 g/mol. The van der Waals surface area contributed by atoms with Crippen LogP contribution in [0, 0.1) is 5.92 Å². The Bertz CT molecular complexity index is 596. The molecule has 0 saturated heterocycles. The molecule has 1 aliphatic rings. The normalized spacial score (nSPS) is 20.1. The van der Waals surface area contributed by atoms with Crippen molar-refractivity contribution in [2.75, 3.05) is 0 Å². The Morgan fingerprint density at radius 2 is 2.16 bits per heavy atom. The van der Waals surface area contributed by atoms with Gasteiger partial charge in [-0.1, -0.05) is 31.5 Å². The number of fused-ring (bicyclic) bond motifs is 1. The van der Waals surface area contributed by atoms with Crippen molar-refractivity contribution in [2.45, 2.75) is 45.4 Å². The SMILES string of the molecule is CCc1cccc2c(CC3CCCCC3=O)c[nH]c12. The highest BCUT2D eigenvalue weighted by molar-refractivity contribution is 5.87. The van der Waals surface area contributed by atoms with E-state index in [0.29, 0.717) is 5.78 Å². The second kappa shape index (κ2) is 5.20. The van der Waals surface area contributed by atoms with Gasteiger partial charge in [0.25, 0.3) is 0 Å². The summed E-state index contributed by atoms with van der Waals surface area (Å²) < 4.78 is 0. The molecule has 1 N–H and O–H groups in total. The van der Waals surface area contributed by atoms with Crippen molar-refractivity contribution in [1.29, 1.82) is 0 Å². The van der Waals surface area contributed by atoms with Crippen LogP contribution in [0.5, 0.6) is 0 Å². The summed E-state index contributed by atoms with van der Waals surface area (Å²) in [5.41, 5.74) is 3.92. The summed E-state index contributed by atoms with van der Waals surface area (Å²) in [4.78, 5) is 15.4. The Labute approximate surface area is 114 Å². The number of benzene rings is 1. The third kappa shape index (κ3) is 2.32. The molecule has 1 unspecified atom stereocenters. The van der Waals surface area contributed by atoms with Crippen LogP contribution >= 0.6 is 0 Å². The summed E-state index contributed by atoms with van der Waals surface area (Å²) in [5.74, 6) is 0.713. The highest BCUT2D eigenvalue weighted by Crippen LogP contribution is 2.28. The van der Waals surface area contributed by atoms with Crippen LogP contribution in [0.2, 0.25) is 0 Å². The number of rotatable bonds is 3. The summed E-state index contributed by atoms with van der Waals surface area (Å²) in [5, 5.41) is 1.30. The Hall–Kier alpha value is -1.57. The van der Waals surface area contributed by atoms with Crippen LogP contribution in [0.4, 0.5) is 0 Å². The van der Waals surface area contributed by atoms with E-state index in [-0.39, 0.29) is 5.92 Å². The zero-order valence-electron chi connectivity index (χ0n) is 11.5. The third-order valence-corrected chi connectivity index (χ3v) is 4.42. The van der Waals surface area contributed by atoms with Gasteiger partial charge in [0.05, 0.1) is 0 Å². The standard InChI is InChI=1S/C17H21NO/c1-2-12-7-5-8-15-14(11-18-17(12)15)10-13-6-3-4-9-16(13)19/h5,7-8,11,13,18H,2-4,6,9-10H2,1H3. The zero-order valence-corrected chi connectivity index (χ0v) is 11.5. The molecule has 3 rings (SSSR count). The number of para-hydroxylation sites is 1. The van der Waals surface area contributed by atoms with E-state index in [4.69, 9.17) is 0 Å². The number of hydrogen-bond donors (Lipinski definition) is 1. The lowest BCUT2D eigenvalue weighted by atomic mass is 9.83. The lowest BCUT2D eigenvalue weighted by Crippen LogP contribution is -2.20. The molecule has 1 atom stereocenters. The average molecular weight is 255 g/mol. The number of aryl methyl sites for hydroxylation is 1. The number of aromatic amines is 1. The van der Waals surface area contributed by atoms with Gasteiger partial charge in [-0.05, 0) is 36.8 Å². The summed E-state index contributed by atoms with van der Waals surface area (Å²) in [7, 11) is 0.